The standard InChI is InChI=1S/C11H16ClFN2O/c1-7(2)16-4-3-15-11-6-9(13)8(12)5-10(11)14/h5-7,15H,3-4,14H2,1-2H3. The average molecular weight is 247 g/mol. The van der Waals surface area contributed by atoms with E-state index in [0.717, 1.165) is 0 Å². The summed E-state index contributed by atoms with van der Waals surface area (Å²) >= 11 is 5.58. The molecule has 0 saturated carbocycles. The van der Waals surface area contributed by atoms with Gasteiger partial charge in [0, 0.05) is 12.6 Å². The van der Waals surface area contributed by atoms with Crippen LogP contribution in [0.25, 0.3) is 0 Å². The maximum atomic E-state index is 13.1. The molecule has 0 aliphatic heterocycles. The van der Waals surface area contributed by atoms with Gasteiger partial charge in [-0.15, -0.1) is 0 Å². The number of anilines is 2. The predicted molar refractivity (Wildman–Crippen MR) is 65.4 cm³/mol. The number of nitrogens with one attached hydrogen (secondary N) is 1. The van der Waals surface area contributed by atoms with Crippen LogP contribution < -0.4 is 11.1 Å². The van der Waals surface area contributed by atoms with Gasteiger partial charge in [-0.05, 0) is 19.9 Å². The van der Waals surface area contributed by atoms with E-state index in [1.165, 1.54) is 12.1 Å². The molecule has 0 aliphatic carbocycles. The van der Waals surface area contributed by atoms with Crippen molar-refractivity contribution in [2.45, 2.75) is 20.0 Å². The largest absolute Gasteiger partial charge is 0.397 e. The average Bonchev–Trinajstić information content (AvgIpc) is 2.19. The van der Waals surface area contributed by atoms with Crippen molar-refractivity contribution in [1.82, 2.24) is 0 Å². The smallest absolute Gasteiger partial charge is 0.143 e. The van der Waals surface area contributed by atoms with Crippen LogP contribution in [0.4, 0.5) is 15.8 Å². The van der Waals surface area contributed by atoms with E-state index in [1.54, 1.807) is 0 Å². The van der Waals surface area contributed by atoms with E-state index in [0.29, 0.717) is 24.5 Å². The Labute approximate surface area is 99.7 Å². The third-order valence-electron chi connectivity index (χ3n) is 1.96. The summed E-state index contributed by atoms with van der Waals surface area (Å²) < 4.78 is 18.5. The van der Waals surface area contributed by atoms with Crippen LogP contribution in [0, 0.1) is 5.82 Å². The third-order valence-corrected chi connectivity index (χ3v) is 2.25. The Morgan fingerprint density at radius 3 is 2.81 bits per heavy atom. The van der Waals surface area contributed by atoms with Crippen molar-refractivity contribution < 1.29 is 9.13 Å². The lowest BCUT2D eigenvalue weighted by Crippen LogP contribution is -2.14. The summed E-state index contributed by atoms with van der Waals surface area (Å²) in [7, 11) is 0. The van der Waals surface area contributed by atoms with E-state index < -0.39 is 5.82 Å². The predicted octanol–water partition coefficient (Wildman–Crippen LogP) is 2.90. The van der Waals surface area contributed by atoms with Crippen LogP contribution in [0.1, 0.15) is 13.8 Å². The van der Waals surface area contributed by atoms with E-state index in [1.807, 2.05) is 13.8 Å². The van der Waals surface area contributed by atoms with E-state index in [9.17, 15) is 4.39 Å². The second-order valence-corrected chi connectivity index (χ2v) is 4.11. The van der Waals surface area contributed by atoms with Crippen LogP contribution in [-0.2, 0) is 4.74 Å². The minimum atomic E-state index is -0.483. The number of ether oxygens (including phenoxy) is 1. The summed E-state index contributed by atoms with van der Waals surface area (Å²) in [6.45, 7) is 5.03. The molecular weight excluding hydrogens is 231 g/mol. The van der Waals surface area contributed by atoms with Crippen LogP contribution in [0.3, 0.4) is 0 Å². The summed E-state index contributed by atoms with van der Waals surface area (Å²) in [5.41, 5.74) is 6.64. The first kappa shape index (κ1) is 13.1. The molecule has 0 bridgehead atoms. The Kier molecular flexibility index (Phi) is 4.83. The number of rotatable bonds is 5. The molecule has 0 unspecified atom stereocenters. The lowest BCUT2D eigenvalue weighted by molar-refractivity contribution is 0.0870. The Morgan fingerprint density at radius 2 is 2.19 bits per heavy atom. The molecule has 3 nitrogen and oxygen atoms in total. The minimum Gasteiger partial charge on any atom is -0.397 e. The van der Waals surface area contributed by atoms with E-state index >= 15 is 0 Å². The number of hydrogen-bond acceptors (Lipinski definition) is 3. The molecule has 1 aromatic rings. The Bertz CT molecular complexity index is 358. The van der Waals surface area contributed by atoms with Gasteiger partial charge in [0.25, 0.3) is 0 Å². The van der Waals surface area contributed by atoms with Crippen molar-refractivity contribution >= 4 is 23.0 Å². The Morgan fingerprint density at radius 1 is 1.50 bits per heavy atom. The topological polar surface area (TPSA) is 47.3 Å². The Hall–Kier alpha value is -1.00. The van der Waals surface area contributed by atoms with Crippen molar-refractivity contribution in [1.29, 1.82) is 0 Å². The van der Waals surface area contributed by atoms with Gasteiger partial charge in [-0.25, -0.2) is 4.39 Å². The van der Waals surface area contributed by atoms with Gasteiger partial charge in [-0.2, -0.15) is 0 Å². The van der Waals surface area contributed by atoms with Gasteiger partial charge >= 0.3 is 0 Å². The highest BCUT2D eigenvalue weighted by atomic mass is 35.5. The van der Waals surface area contributed by atoms with Crippen LogP contribution in [0.15, 0.2) is 12.1 Å². The molecule has 0 heterocycles. The van der Waals surface area contributed by atoms with Crippen molar-refractivity contribution in [3.8, 4) is 0 Å². The van der Waals surface area contributed by atoms with Crippen molar-refractivity contribution in [2.24, 2.45) is 0 Å². The number of nitrogen functional groups attached to an aromatic ring is 1. The fourth-order valence-electron chi connectivity index (χ4n) is 1.20. The van der Waals surface area contributed by atoms with E-state index in [-0.39, 0.29) is 11.1 Å². The van der Waals surface area contributed by atoms with Crippen LogP contribution in [-0.4, -0.2) is 19.3 Å². The molecule has 0 aromatic heterocycles. The highest BCUT2D eigenvalue weighted by molar-refractivity contribution is 6.31. The zero-order chi connectivity index (χ0) is 12.1. The number of hydrogen-bond donors (Lipinski definition) is 2. The van der Waals surface area contributed by atoms with Crippen LogP contribution in [0.5, 0.6) is 0 Å². The molecule has 0 atom stereocenters. The molecule has 0 radical (unpaired) electrons. The molecule has 0 aliphatic rings. The molecule has 0 fully saturated rings. The maximum absolute atomic E-state index is 13.1. The van der Waals surface area contributed by atoms with Crippen molar-refractivity contribution in [3.05, 3.63) is 23.0 Å². The van der Waals surface area contributed by atoms with Gasteiger partial charge in [0.05, 0.1) is 29.1 Å². The molecule has 0 amide bonds. The molecule has 1 aromatic carbocycles. The first-order chi connectivity index (χ1) is 7.50. The summed E-state index contributed by atoms with van der Waals surface area (Å²) in [5, 5.41) is 3.02. The lowest BCUT2D eigenvalue weighted by Gasteiger charge is -2.11. The van der Waals surface area contributed by atoms with Gasteiger partial charge in [0.2, 0.25) is 0 Å². The number of nitrogens with two attached hydrogens (primary N) is 1. The monoisotopic (exact) mass is 246 g/mol. The Balaban J connectivity index is 2.51. The third kappa shape index (κ3) is 3.87. The molecule has 16 heavy (non-hydrogen) atoms. The molecule has 5 heteroatoms. The van der Waals surface area contributed by atoms with E-state index in [4.69, 9.17) is 22.1 Å². The maximum Gasteiger partial charge on any atom is 0.143 e. The second-order valence-electron chi connectivity index (χ2n) is 3.70. The fourth-order valence-corrected chi connectivity index (χ4v) is 1.37. The fraction of sp³-hybridized carbons (Fsp3) is 0.455. The second kappa shape index (κ2) is 5.92. The molecular formula is C11H16ClFN2O. The lowest BCUT2D eigenvalue weighted by atomic mass is 10.2. The van der Waals surface area contributed by atoms with Crippen molar-refractivity contribution in [3.63, 3.8) is 0 Å². The zero-order valence-electron chi connectivity index (χ0n) is 9.39. The summed E-state index contributed by atoms with van der Waals surface area (Å²) in [4.78, 5) is 0. The highest BCUT2D eigenvalue weighted by Crippen LogP contribution is 2.25. The molecule has 90 valence electrons. The minimum absolute atomic E-state index is 0.0291. The quantitative estimate of drug-likeness (QED) is 0.620. The zero-order valence-corrected chi connectivity index (χ0v) is 10.1. The van der Waals surface area contributed by atoms with Gasteiger partial charge in [-0.3, -0.25) is 0 Å². The van der Waals surface area contributed by atoms with Gasteiger partial charge in [-0.1, -0.05) is 11.6 Å². The molecule has 0 saturated heterocycles. The van der Waals surface area contributed by atoms with Gasteiger partial charge in [0.1, 0.15) is 5.82 Å². The highest BCUT2D eigenvalue weighted by Gasteiger charge is 2.05. The SMILES string of the molecule is CC(C)OCCNc1cc(F)c(Cl)cc1N. The summed E-state index contributed by atoms with van der Waals surface area (Å²) in [6.07, 6.45) is 0.182. The first-order valence-electron chi connectivity index (χ1n) is 5.10. The summed E-state index contributed by atoms with van der Waals surface area (Å²) in [6, 6.07) is 2.68. The number of halogens is 2. The van der Waals surface area contributed by atoms with Crippen LogP contribution >= 0.6 is 11.6 Å². The van der Waals surface area contributed by atoms with Crippen molar-refractivity contribution in [2.75, 3.05) is 24.2 Å². The first-order valence-corrected chi connectivity index (χ1v) is 5.48. The van der Waals surface area contributed by atoms with Crippen LogP contribution in [0.2, 0.25) is 5.02 Å². The van der Waals surface area contributed by atoms with E-state index in [2.05, 4.69) is 5.32 Å². The van der Waals surface area contributed by atoms with Gasteiger partial charge < -0.3 is 15.8 Å². The molecule has 0 spiro atoms. The molecule has 3 N–H and O–H groups in total. The normalized spacial score (nSPS) is 10.8. The summed E-state index contributed by atoms with van der Waals surface area (Å²) in [5.74, 6) is -0.483. The molecule has 1 rings (SSSR count). The van der Waals surface area contributed by atoms with Gasteiger partial charge in [0.15, 0.2) is 0 Å². The number of benzene rings is 1.